The molecule has 0 aliphatic carbocycles. The van der Waals surface area contributed by atoms with Crippen molar-refractivity contribution in [3.63, 3.8) is 0 Å². The molecule has 0 radical (unpaired) electrons. The lowest BCUT2D eigenvalue weighted by Gasteiger charge is -2.17. The van der Waals surface area contributed by atoms with E-state index in [1.807, 2.05) is 34.3 Å². The summed E-state index contributed by atoms with van der Waals surface area (Å²) in [5.74, 6) is -0.0443. The van der Waals surface area contributed by atoms with Crippen LogP contribution < -0.4 is 5.32 Å². The van der Waals surface area contributed by atoms with Crippen LogP contribution in [-0.4, -0.2) is 22.5 Å². The van der Waals surface area contributed by atoms with E-state index in [2.05, 4.69) is 17.2 Å². The summed E-state index contributed by atoms with van der Waals surface area (Å²) in [5.41, 5.74) is 1.77. The van der Waals surface area contributed by atoms with E-state index in [9.17, 15) is 4.39 Å². The van der Waals surface area contributed by atoms with E-state index in [-0.39, 0.29) is 11.7 Å². The van der Waals surface area contributed by atoms with E-state index in [1.54, 1.807) is 17.4 Å². The summed E-state index contributed by atoms with van der Waals surface area (Å²) in [5, 5.41) is 5.34. The molecule has 1 unspecified atom stereocenters. The highest BCUT2D eigenvalue weighted by Crippen LogP contribution is 2.23. The minimum atomic E-state index is -0.138. The number of aromatic nitrogens is 2. The molecule has 0 saturated carbocycles. The van der Waals surface area contributed by atoms with Crippen LogP contribution in [-0.2, 0) is 6.42 Å². The Morgan fingerprint density at radius 3 is 3.00 bits per heavy atom. The van der Waals surface area contributed by atoms with Gasteiger partial charge in [0.05, 0.1) is 5.69 Å². The first-order valence-corrected chi connectivity index (χ1v) is 8.02. The fraction of sp³-hybridized carbons (Fsp3) is 0.312. The lowest BCUT2D eigenvalue weighted by molar-refractivity contribution is 0.542. The number of thiazole rings is 1. The van der Waals surface area contributed by atoms with Gasteiger partial charge in [-0.25, -0.2) is 9.37 Å². The van der Waals surface area contributed by atoms with Crippen molar-refractivity contribution in [3.8, 4) is 0 Å². The van der Waals surface area contributed by atoms with Gasteiger partial charge in [-0.05, 0) is 24.6 Å². The number of imidazole rings is 1. The molecule has 3 rings (SSSR count). The van der Waals surface area contributed by atoms with Crippen LogP contribution in [0, 0.1) is 5.82 Å². The second kappa shape index (κ2) is 6.37. The highest BCUT2D eigenvalue weighted by Gasteiger charge is 2.17. The molecule has 21 heavy (non-hydrogen) atoms. The monoisotopic (exact) mass is 303 g/mol. The number of likely N-dealkylation sites (N-methyl/N-ethyl adjacent to an activating group) is 1. The van der Waals surface area contributed by atoms with Crippen molar-refractivity contribution in [1.82, 2.24) is 14.7 Å². The molecule has 110 valence electrons. The van der Waals surface area contributed by atoms with Crippen molar-refractivity contribution in [1.29, 1.82) is 0 Å². The molecule has 1 N–H and O–H groups in total. The summed E-state index contributed by atoms with van der Waals surface area (Å²) >= 11 is 1.61. The van der Waals surface area contributed by atoms with Crippen LogP contribution in [0.25, 0.3) is 4.96 Å². The van der Waals surface area contributed by atoms with Crippen molar-refractivity contribution in [2.45, 2.75) is 19.3 Å². The highest BCUT2D eigenvalue weighted by atomic mass is 32.1. The zero-order chi connectivity index (χ0) is 14.7. The summed E-state index contributed by atoms with van der Waals surface area (Å²) in [7, 11) is 0. The molecule has 2 heterocycles. The first-order chi connectivity index (χ1) is 10.3. The summed E-state index contributed by atoms with van der Waals surface area (Å²) < 4.78 is 16.1. The molecule has 0 fully saturated rings. The Kier molecular flexibility index (Phi) is 4.31. The van der Waals surface area contributed by atoms with Gasteiger partial charge in [-0.1, -0.05) is 25.1 Å². The Bertz CT molecular complexity index is 690. The van der Waals surface area contributed by atoms with Crippen LogP contribution in [0.5, 0.6) is 0 Å². The van der Waals surface area contributed by atoms with Gasteiger partial charge in [0.15, 0.2) is 4.96 Å². The van der Waals surface area contributed by atoms with Crippen molar-refractivity contribution >= 4 is 16.3 Å². The van der Waals surface area contributed by atoms with E-state index in [0.717, 1.165) is 35.7 Å². The molecular formula is C16H18FN3S. The standard InChI is InChI=1S/C16H18FN3S/c1-2-18-10-12(14-5-3-4-6-15(14)17)9-13-11-20-7-8-21-16(20)19-13/h3-8,11-12,18H,2,9-10H2,1H3. The van der Waals surface area contributed by atoms with E-state index >= 15 is 0 Å². The van der Waals surface area contributed by atoms with E-state index in [4.69, 9.17) is 0 Å². The molecule has 0 aliphatic heterocycles. The predicted molar refractivity (Wildman–Crippen MR) is 84.5 cm³/mol. The number of halogens is 1. The van der Waals surface area contributed by atoms with Crippen LogP contribution in [0.15, 0.2) is 42.0 Å². The van der Waals surface area contributed by atoms with Gasteiger partial charge in [0.25, 0.3) is 0 Å². The topological polar surface area (TPSA) is 29.3 Å². The molecule has 1 aromatic carbocycles. The quantitative estimate of drug-likeness (QED) is 0.755. The number of rotatable bonds is 6. The van der Waals surface area contributed by atoms with E-state index < -0.39 is 0 Å². The van der Waals surface area contributed by atoms with Crippen molar-refractivity contribution in [2.75, 3.05) is 13.1 Å². The molecule has 3 nitrogen and oxygen atoms in total. The summed E-state index contributed by atoms with van der Waals surface area (Å²) in [6.45, 7) is 3.69. The first-order valence-electron chi connectivity index (χ1n) is 7.14. The molecule has 2 aromatic heterocycles. The van der Waals surface area contributed by atoms with Crippen LogP contribution in [0.1, 0.15) is 24.1 Å². The van der Waals surface area contributed by atoms with Crippen LogP contribution in [0.4, 0.5) is 4.39 Å². The van der Waals surface area contributed by atoms with Gasteiger partial charge in [-0.15, -0.1) is 11.3 Å². The molecule has 0 saturated heterocycles. The molecule has 0 aliphatic rings. The number of nitrogens with one attached hydrogen (secondary N) is 1. The zero-order valence-electron chi connectivity index (χ0n) is 11.9. The third kappa shape index (κ3) is 3.14. The number of nitrogens with zero attached hydrogens (tertiary/aromatic N) is 2. The van der Waals surface area contributed by atoms with Crippen molar-refractivity contribution in [2.24, 2.45) is 0 Å². The fourth-order valence-electron chi connectivity index (χ4n) is 2.54. The Morgan fingerprint density at radius 1 is 1.38 bits per heavy atom. The predicted octanol–water partition coefficient (Wildman–Crippen LogP) is 3.47. The largest absolute Gasteiger partial charge is 0.316 e. The SMILES string of the molecule is CCNCC(Cc1cn2ccsc2n1)c1ccccc1F. The van der Waals surface area contributed by atoms with Gasteiger partial charge in [-0.3, -0.25) is 4.40 Å². The number of hydrogen-bond acceptors (Lipinski definition) is 3. The maximum atomic E-state index is 14.1. The van der Waals surface area contributed by atoms with Crippen LogP contribution in [0.2, 0.25) is 0 Å². The summed E-state index contributed by atoms with van der Waals surface area (Å²) in [4.78, 5) is 5.59. The third-order valence-electron chi connectivity index (χ3n) is 3.58. The maximum absolute atomic E-state index is 14.1. The lowest BCUT2D eigenvalue weighted by Crippen LogP contribution is -2.23. The van der Waals surface area contributed by atoms with Gasteiger partial charge >= 0.3 is 0 Å². The average Bonchev–Trinajstić information content (AvgIpc) is 3.05. The molecule has 0 spiro atoms. The second-order valence-electron chi connectivity index (χ2n) is 5.06. The normalized spacial score (nSPS) is 12.9. The number of hydrogen-bond donors (Lipinski definition) is 1. The Morgan fingerprint density at radius 2 is 2.24 bits per heavy atom. The molecule has 0 amide bonds. The Hall–Kier alpha value is -1.72. The molecule has 3 aromatic rings. The van der Waals surface area contributed by atoms with Crippen molar-refractivity contribution < 1.29 is 4.39 Å². The van der Waals surface area contributed by atoms with Gasteiger partial charge in [0.2, 0.25) is 0 Å². The van der Waals surface area contributed by atoms with Gasteiger partial charge < -0.3 is 5.32 Å². The molecule has 1 atom stereocenters. The smallest absolute Gasteiger partial charge is 0.193 e. The van der Waals surface area contributed by atoms with Crippen LogP contribution in [0.3, 0.4) is 0 Å². The molecule has 0 bridgehead atoms. The van der Waals surface area contributed by atoms with Crippen LogP contribution >= 0.6 is 11.3 Å². The van der Waals surface area contributed by atoms with Gasteiger partial charge in [0, 0.05) is 30.2 Å². The van der Waals surface area contributed by atoms with E-state index in [1.165, 1.54) is 6.07 Å². The summed E-state index contributed by atoms with van der Waals surface area (Å²) in [6.07, 6.45) is 4.77. The van der Waals surface area contributed by atoms with Gasteiger partial charge in [0.1, 0.15) is 5.82 Å². The lowest BCUT2D eigenvalue weighted by atomic mass is 9.94. The maximum Gasteiger partial charge on any atom is 0.193 e. The summed E-state index contributed by atoms with van der Waals surface area (Å²) in [6, 6.07) is 7.02. The average molecular weight is 303 g/mol. The number of fused-ring (bicyclic) bond motifs is 1. The minimum absolute atomic E-state index is 0.0933. The van der Waals surface area contributed by atoms with E-state index in [0.29, 0.717) is 0 Å². The zero-order valence-corrected chi connectivity index (χ0v) is 12.7. The highest BCUT2D eigenvalue weighted by molar-refractivity contribution is 7.15. The minimum Gasteiger partial charge on any atom is -0.316 e. The van der Waals surface area contributed by atoms with Gasteiger partial charge in [-0.2, -0.15) is 0 Å². The number of benzene rings is 1. The molecule has 5 heteroatoms. The fourth-order valence-corrected chi connectivity index (χ4v) is 3.26. The Labute approximate surface area is 127 Å². The molecular weight excluding hydrogens is 285 g/mol. The second-order valence-corrected chi connectivity index (χ2v) is 5.93. The first kappa shape index (κ1) is 14.2. The third-order valence-corrected chi connectivity index (χ3v) is 4.36. The van der Waals surface area contributed by atoms with Crippen molar-refractivity contribution in [3.05, 3.63) is 59.1 Å². The Balaban J connectivity index is 1.85.